The lowest BCUT2D eigenvalue weighted by atomic mass is 10.0. The predicted molar refractivity (Wildman–Crippen MR) is 68.3 cm³/mol. The van der Waals surface area contributed by atoms with Gasteiger partial charge in [-0.05, 0) is 35.4 Å². The molecule has 88 valence electrons. The fraction of sp³-hybridized carbons (Fsp3) is 0.133. The molecule has 1 aliphatic heterocycles. The molecular weight excluding hydrogens is 226 g/mol. The Morgan fingerprint density at radius 3 is 2.83 bits per heavy atom. The molecule has 0 radical (unpaired) electrons. The maximum Gasteiger partial charge on any atom is 0.231 e. The van der Waals surface area contributed by atoms with E-state index in [1.165, 1.54) is 0 Å². The van der Waals surface area contributed by atoms with Gasteiger partial charge >= 0.3 is 0 Å². The van der Waals surface area contributed by atoms with E-state index in [9.17, 15) is 0 Å². The standard InChI is InChI=1S/C15H11NO2/c1-2-3-11-8-13(12-4-6-16-7-5-12)15-14(9-11)17-10-18-15/h1,4-9H,3,10H2. The third-order valence-corrected chi connectivity index (χ3v) is 2.83. The Morgan fingerprint density at radius 1 is 1.22 bits per heavy atom. The number of fused-ring (bicyclic) bond motifs is 1. The Morgan fingerprint density at radius 2 is 2.06 bits per heavy atom. The van der Waals surface area contributed by atoms with Gasteiger partial charge in [-0.15, -0.1) is 12.3 Å². The topological polar surface area (TPSA) is 31.4 Å². The first-order valence-corrected chi connectivity index (χ1v) is 5.65. The minimum absolute atomic E-state index is 0.257. The van der Waals surface area contributed by atoms with Crippen LogP contribution >= 0.6 is 0 Å². The monoisotopic (exact) mass is 237 g/mol. The van der Waals surface area contributed by atoms with Gasteiger partial charge in [0.2, 0.25) is 6.79 Å². The first kappa shape index (κ1) is 10.7. The molecule has 0 saturated carbocycles. The van der Waals surface area contributed by atoms with Gasteiger partial charge in [0.1, 0.15) is 0 Å². The molecule has 0 aliphatic carbocycles. The molecule has 2 heterocycles. The summed E-state index contributed by atoms with van der Waals surface area (Å²) in [6.07, 6.45) is 9.45. The van der Waals surface area contributed by atoms with E-state index in [0.29, 0.717) is 6.42 Å². The van der Waals surface area contributed by atoms with Gasteiger partial charge in [-0.3, -0.25) is 4.98 Å². The zero-order chi connectivity index (χ0) is 12.4. The molecule has 0 unspecified atom stereocenters. The molecule has 0 saturated heterocycles. The van der Waals surface area contributed by atoms with Gasteiger partial charge in [-0.25, -0.2) is 0 Å². The van der Waals surface area contributed by atoms with E-state index in [-0.39, 0.29) is 6.79 Å². The molecule has 0 bridgehead atoms. The van der Waals surface area contributed by atoms with Gasteiger partial charge in [-0.2, -0.15) is 0 Å². The molecule has 0 amide bonds. The molecule has 18 heavy (non-hydrogen) atoms. The average Bonchev–Trinajstić information content (AvgIpc) is 2.87. The van der Waals surface area contributed by atoms with Crippen molar-refractivity contribution in [1.82, 2.24) is 4.98 Å². The molecular formula is C15H11NO2. The molecule has 3 nitrogen and oxygen atoms in total. The van der Waals surface area contributed by atoms with Crippen LogP contribution < -0.4 is 9.47 Å². The van der Waals surface area contributed by atoms with Crippen molar-refractivity contribution in [3.8, 4) is 35.0 Å². The maximum absolute atomic E-state index is 5.52. The van der Waals surface area contributed by atoms with E-state index in [4.69, 9.17) is 15.9 Å². The first-order valence-electron chi connectivity index (χ1n) is 5.65. The highest BCUT2D eigenvalue weighted by Gasteiger charge is 2.19. The van der Waals surface area contributed by atoms with Crippen molar-refractivity contribution in [2.75, 3.05) is 6.79 Å². The summed E-state index contributed by atoms with van der Waals surface area (Å²) in [4.78, 5) is 4.02. The second-order valence-electron chi connectivity index (χ2n) is 3.99. The quantitative estimate of drug-likeness (QED) is 0.752. The third-order valence-electron chi connectivity index (χ3n) is 2.83. The SMILES string of the molecule is C#CCc1cc2c(c(-c3ccncc3)c1)OCO2. The molecule has 3 heteroatoms. The van der Waals surface area contributed by atoms with Crippen LogP contribution in [0.2, 0.25) is 0 Å². The summed E-state index contributed by atoms with van der Waals surface area (Å²) in [5.41, 5.74) is 3.09. The predicted octanol–water partition coefficient (Wildman–Crippen LogP) is 2.65. The van der Waals surface area contributed by atoms with E-state index < -0.39 is 0 Å². The van der Waals surface area contributed by atoms with Crippen LogP contribution in [0.1, 0.15) is 5.56 Å². The van der Waals surface area contributed by atoms with E-state index in [1.54, 1.807) is 12.4 Å². The molecule has 1 aliphatic rings. The summed E-state index contributed by atoms with van der Waals surface area (Å²) in [6.45, 7) is 0.257. The fourth-order valence-corrected chi connectivity index (χ4v) is 2.03. The summed E-state index contributed by atoms with van der Waals surface area (Å²) in [5, 5.41) is 0. The van der Waals surface area contributed by atoms with Gasteiger partial charge in [0.15, 0.2) is 11.5 Å². The van der Waals surface area contributed by atoms with Crippen molar-refractivity contribution >= 4 is 0 Å². The zero-order valence-corrected chi connectivity index (χ0v) is 9.72. The van der Waals surface area contributed by atoms with Crippen LogP contribution in [0.4, 0.5) is 0 Å². The number of aromatic nitrogens is 1. The van der Waals surface area contributed by atoms with E-state index >= 15 is 0 Å². The van der Waals surface area contributed by atoms with Crippen molar-refractivity contribution in [3.63, 3.8) is 0 Å². The van der Waals surface area contributed by atoms with Gasteiger partial charge in [-0.1, -0.05) is 0 Å². The van der Waals surface area contributed by atoms with Gasteiger partial charge in [0, 0.05) is 24.4 Å². The molecule has 0 N–H and O–H groups in total. The van der Waals surface area contributed by atoms with Crippen molar-refractivity contribution in [1.29, 1.82) is 0 Å². The van der Waals surface area contributed by atoms with Crippen molar-refractivity contribution in [2.45, 2.75) is 6.42 Å². The van der Waals surface area contributed by atoms with Crippen molar-refractivity contribution in [3.05, 3.63) is 42.2 Å². The number of ether oxygens (including phenoxy) is 2. The number of hydrogen-bond acceptors (Lipinski definition) is 3. The first-order chi connectivity index (χ1) is 8.88. The van der Waals surface area contributed by atoms with E-state index in [0.717, 1.165) is 28.2 Å². The summed E-state index contributed by atoms with van der Waals surface area (Å²) >= 11 is 0. The summed E-state index contributed by atoms with van der Waals surface area (Å²) in [6, 6.07) is 7.86. The van der Waals surface area contributed by atoms with Crippen LogP contribution in [0.25, 0.3) is 11.1 Å². The van der Waals surface area contributed by atoms with Gasteiger partial charge < -0.3 is 9.47 Å². The van der Waals surface area contributed by atoms with E-state index in [1.807, 2.05) is 24.3 Å². The normalized spacial score (nSPS) is 12.2. The smallest absolute Gasteiger partial charge is 0.231 e. The summed E-state index contributed by atoms with van der Waals surface area (Å²) < 4.78 is 11.0. The Labute approximate surface area is 105 Å². The lowest BCUT2D eigenvalue weighted by Gasteiger charge is -2.08. The zero-order valence-electron chi connectivity index (χ0n) is 9.72. The number of rotatable bonds is 2. The molecule has 0 atom stereocenters. The maximum atomic E-state index is 5.52. The second-order valence-corrected chi connectivity index (χ2v) is 3.99. The average molecular weight is 237 g/mol. The van der Waals surface area contributed by atoms with Crippen molar-refractivity contribution in [2.24, 2.45) is 0 Å². The van der Waals surface area contributed by atoms with Crippen LogP contribution in [0, 0.1) is 12.3 Å². The number of pyridine rings is 1. The minimum Gasteiger partial charge on any atom is -0.454 e. The number of nitrogens with zero attached hydrogens (tertiary/aromatic N) is 1. The lowest BCUT2D eigenvalue weighted by molar-refractivity contribution is 0.174. The molecule has 0 fully saturated rings. The fourth-order valence-electron chi connectivity index (χ4n) is 2.03. The highest BCUT2D eigenvalue weighted by atomic mass is 16.7. The Balaban J connectivity index is 2.16. The summed E-state index contributed by atoms with van der Waals surface area (Å²) in [5.74, 6) is 4.18. The van der Waals surface area contributed by atoms with Crippen LogP contribution in [0.3, 0.4) is 0 Å². The van der Waals surface area contributed by atoms with Crippen molar-refractivity contribution < 1.29 is 9.47 Å². The largest absolute Gasteiger partial charge is 0.454 e. The van der Waals surface area contributed by atoms with Crippen LogP contribution in [-0.4, -0.2) is 11.8 Å². The Hall–Kier alpha value is -2.47. The minimum atomic E-state index is 0.257. The molecule has 2 aromatic rings. The van der Waals surface area contributed by atoms with Gasteiger partial charge in [0.25, 0.3) is 0 Å². The lowest BCUT2D eigenvalue weighted by Crippen LogP contribution is -1.93. The number of benzene rings is 1. The van der Waals surface area contributed by atoms with Crippen LogP contribution in [0.5, 0.6) is 11.5 Å². The summed E-state index contributed by atoms with van der Waals surface area (Å²) in [7, 11) is 0. The highest BCUT2D eigenvalue weighted by Crippen LogP contribution is 2.42. The van der Waals surface area contributed by atoms with E-state index in [2.05, 4.69) is 10.9 Å². The van der Waals surface area contributed by atoms with Gasteiger partial charge in [0.05, 0.1) is 0 Å². The van der Waals surface area contributed by atoms with Crippen LogP contribution in [0.15, 0.2) is 36.7 Å². The number of terminal acetylenes is 1. The molecule has 1 aromatic carbocycles. The molecule has 1 aromatic heterocycles. The molecule has 3 rings (SSSR count). The second kappa shape index (κ2) is 4.42. The van der Waals surface area contributed by atoms with Crippen LogP contribution in [-0.2, 0) is 6.42 Å². The third kappa shape index (κ3) is 1.78. The molecule has 0 spiro atoms. The number of hydrogen-bond donors (Lipinski definition) is 0. The Bertz CT molecular complexity index is 614. The Kier molecular flexibility index (Phi) is 2.62. The highest BCUT2D eigenvalue weighted by molar-refractivity contribution is 5.75.